The molecule has 0 saturated carbocycles. The Hall–Kier alpha value is -1.03. The molecular weight excluding hydrogens is 218 g/mol. The Balaban J connectivity index is 2.71. The fraction of sp³-hybridized carbons (Fsp3) is 0.500. The highest BCUT2D eigenvalue weighted by atomic mass is 32.2. The third-order valence-electron chi connectivity index (χ3n) is 2.88. The van der Waals surface area contributed by atoms with Gasteiger partial charge < -0.3 is 16.4 Å². The second-order valence-electron chi connectivity index (χ2n) is 4.05. The molecule has 0 aromatic heterocycles. The molecule has 0 saturated heterocycles. The summed E-state index contributed by atoms with van der Waals surface area (Å²) in [7, 11) is 2.09. The smallest absolute Gasteiger partial charge is 0.0568 e. The summed E-state index contributed by atoms with van der Waals surface area (Å²) in [4.78, 5) is 2.24. The van der Waals surface area contributed by atoms with Crippen LogP contribution in [0.25, 0.3) is 0 Å². The molecule has 1 unspecified atom stereocenters. The van der Waals surface area contributed by atoms with Crippen LogP contribution in [0.4, 0.5) is 17.1 Å². The van der Waals surface area contributed by atoms with E-state index in [1.165, 1.54) is 12.2 Å². The molecule has 0 aliphatic rings. The van der Waals surface area contributed by atoms with E-state index < -0.39 is 0 Å². The summed E-state index contributed by atoms with van der Waals surface area (Å²) in [6.07, 6.45) is 3.30. The quantitative estimate of drug-likeness (QED) is 0.775. The summed E-state index contributed by atoms with van der Waals surface area (Å²) in [5.74, 6) is 1.18. The second kappa shape index (κ2) is 5.89. The average molecular weight is 239 g/mol. The van der Waals surface area contributed by atoms with E-state index in [0.29, 0.717) is 17.4 Å². The van der Waals surface area contributed by atoms with Crippen molar-refractivity contribution < 1.29 is 0 Å². The summed E-state index contributed by atoms with van der Waals surface area (Å²) in [5.41, 5.74) is 13.9. The largest absolute Gasteiger partial charge is 0.397 e. The number of hydrogen-bond donors (Lipinski definition) is 2. The van der Waals surface area contributed by atoms with Crippen molar-refractivity contribution in [2.75, 3.05) is 35.4 Å². The van der Waals surface area contributed by atoms with E-state index in [4.69, 9.17) is 11.5 Å². The first-order valence-electron chi connectivity index (χ1n) is 5.43. The van der Waals surface area contributed by atoms with Crippen LogP contribution in [0, 0.1) is 0 Å². The average Bonchev–Trinajstić information content (AvgIpc) is 2.28. The maximum absolute atomic E-state index is 5.80. The molecule has 1 atom stereocenters. The van der Waals surface area contributed by atoms with E-state index in [2.05, 4.69) is 25.1 Å². The molecular formula is C12H21N3S. The van der Waals surface area contributed by atoms with Crippen molar-refractivity contribution in [3.8, 4) is 0 Å². The lowest BCUT2D eigenvalue weighted by atomic mass is 10.2. The first-order chi connectivity index (χ1) is 7.56. The fourth-order valence-corrected chi connectivity index (χ4v) is 2.09. The Morgan fingerprint density at radius 1 is 1.31 bits per heavy atom. The van der Waals surface area contributed by atoms with Crippen molar-refractivity contribution in [3.63, 3.8) is 0 Å². The van der Waals surface area contributed by atoms with Crippen molar-refractivity contribution in [1.82, 2.24) is 0 Å². The van der Waals surface area contributed by atoms with E-state index in [-0.39, 0.29) is 0 Å². The van der Waals surface area contributed by atoms with Gasteiger partial charge in [0.2, 0.25) is 0 Å². The van der Waals surface area contributed by atoms with Gasteiger partial charge in [0.1, 0.15) is 0 Å². The van der Waals surface area contributed by atoms with Gasteiger partial charge in [-0.15, -0.1) is 0 Å². The van der Waals surface area contributed by atoms with E-state index in [9.17, 15) is 0 Å². The molecule has 4 heteroatoms. The maximum atomic E-state index is 5.80. The summed E-state index contributed by atoms with van der Waals surface area (Å²) in [5, 5.41) is 0. The zero-order valence-corrected chi connectivity index (χ0v) is 11.1. The standard InChI is InChI=1S/C12H21N3S/c1-9(6-7-16-3)15(2)10-4-5-11(13)12(14)8-10/h4-5,8-9H,6-7,13-14H2,1-3H3. The topological polar surface area (TPSA) is 55.3 Å². The van der Waals surface area contributed by atoms with Gasteiger partial charge in [0, 0.05) is 18.8 Å². The Morgan fingerprint density at radius 2 is 2.00 bits per heavy atom. The molecule has 16 heavy (non-hydrogen) atoms. The van der Waals surface area contributed by atoms with Gasteiger partial charge in [0.25, 0.3) is 0 Å². The predicted octanol–water partition coefficient (Wildman–Crippen LogP) is 2.43. The molecule has 0 spiro atoms. The monoisotopic (exact) mass is 239 g/mol. The van der Waals surface area contributed by atoms with Gasteiger partial charge in [-0.05, 0) is 43.6 Å². The normalized spacial score (nSPS) is 12.4. The second-order valence-corrected chi connectivity index (χ2v) is 5.04. The van der Waals surface area contributed by atoms with Gasteiger partial charge in [0.05, 0.1) is 11.4 Å². The summed E-state index contributed by atoms with van der Waals surface area (Å²) in [6, 6.07) is 6.32. The zero-order valence-electron chi connectivity index (χ0n) is 10.2. The molecule has 90 valence electrons. The molecule has 0 fully saturated rings. The van der Waals surface area contributed by atoms with Gasteiger partial charge in [-0.1, -0.05) is 0 Å². The summed E-state index contributed by atoms with van der Waals surface area (Å²) < 4.78 is 0. The summed E-state index contributed by atoms with van der Waals surface area (Å²) in [6.45, 7) is 2.22. The number of thioether (sulfide) groups is 1. The van der Waals surface area contributed by atoms with Gasteiger partial charge >= 0.3 is 0 Å². The number of benzene rings is 1. The molecule has 0 aliphatic heterocycles. The SMILES string of the molecule is CSCCC(C)N(C)c1ccc(N)c(N)c1. The zero-order chi connectivity index (χ0) is 12.1. The maximum Gasteiger partial charge on any atom is 0.0568 e. The van der Waals surface area contributed by atoms with Crippen LogP contribution in [-0.4, -0.2) is 25.1 Å². The van der Waals surface area contributed by atoms with Crippen molar-refractivity contribution in [2.24, 2.45) is 0 Å². The van der Waals surface area contributed by atoms with Crippen LogP contribution in [0.5, 0.6) is 0 Å². The molecule has 0 radical (unpaired) electrons. The molecule has 1 rings (SSSR count). The molecule has 1 aromatic carbocycles. The number of hydrogen-bond acceptors (Lipinski definition) is 4. The van der Waals surface area contributed by atoms with E-state index in [1.807, 2.05) is 30.0 Å². The van der Waals surface area contributed by atoms with Crippen LogP contribution in [0.3, 0.4) is 0 Å². The molecule has 3 nitrogen and oxygen atoms in total. The van der Waals surface area contributed by atoms with Crippen molar-refractivity contribution in [1.29, 1.82) is 0 Å². The predicted molar refractivity (Wildman–Crippen MR) is 76.1 cm³/mol. The van der Waals surface area contributed by atoms with E-state index >= 15 is 0 Å². The van der Waals surface area contributed by atoms with E-state index in [1.54, 1.807) is 0 Å². The van der Waals surface area contributed by atoms with Gasteiger partial charge in [-0.25, -0.2) is 0 Å². The minimum absolute atomic E-state index is 0.510. The van der Waals surface area contributed by atoms with Crippen LogP contribution in [0.1, 0.15) is 13.3 Å². The third-order valence-corrected chi connectivity index (χ3v) is 3.52. The van der Waals surface area contributed by atoms with Crippen LogP contribution in [0.2, 0.25) is 0 Å². The minimum atomic E-state index is 0.510. The Morgan fingerprint density at radius 3 is 2.56 bits per heavy atom. The Kier molecular flexibility index (Phi) is 4.80. The minimum Gasteiger partial charge on any atom is -0.397 e. The third kappa shape index (κ3) is 3.23. The lowest BCUT2D eigenvalue weighted by Gasteiger charge is -2.27. The molecule has 4 N–H and O–H groups in total. The molecule has 1 aromatic rings. The van der Waals surface area contributed by atoms with Crippen LogP contribution < -0.4 is 16.4 Å². The van der Waals surface area contributed by atoms with Crippen molar-refractivity contribution >= 4 is 28.8 Å². The van der Waals surface area contributed by atoms with Crippen molar-refractivity contribution in [3.05, 3.63) is 18.2 Å². The van der Waals surface area contributed by atoms with Crippen molar-refractivity contribution in [2.45, 2.75) is 19.4 Å². The molecule has 0 amide bonds. The lowest BCUT2D eigenvalue weighted by Crippen LogP contribution is -2.29. The van der Waals surface area contributed by atoms with E-state index in [0.717, 1.165) is 5.69 Å². The van der Waals surface area contributed by atoms with Crippen LogP contribution in [-0.2, 0) is 0 Å². The van der Waals surface area contributed by atoms with Crippen LogP contribution >= 0.6 is 11.8 Å². The van der Waals surface area contributed by atoms with Gasteiger partial charge in [-0.2, -0.15) is 11.8 Å². The summed E-state index contributed by atoms with van der Waals surface area (Å²) >= 11 is 1.88. The Labute approximate surface area is 102 Å². The van der Waals surface area contributed by atoms with Gasteiger partial charge in [0.15, 0.2) is 0 Å². The highest BCUT2D eigenvalue weighted by Crippen LogP contribution is 2.24. The number of rotatable bonds is 5. The molecule has 0 aliphatic carbocycles. The van der Waals surface area contributed by atoms with Gasteiger partial charge in [-0.3, -0.25) is 0 Å². The highest BCUT2D eigenvalue weighted by Gasteiger charge is 2.10. The fourth-order valence-electron chi connectivity index (χ4n) is 1.52. The number of nitrogen functional groups attached to an aromatic ring is 2. The number of anilines is 3. The highest BCUT2D eigenvalue weighted by molar-refractivity contribution is 7.98. The number of nitrogens with zero attached hydrogens (tertiary/aromatic N) is 1. The number of nitrogens with two attached hydrogens (primary N) is 2. The first kappa shape index (κ1) is 13.0. The molecule has 0 heterocycles. The first-order valence-corrected chi connectivity index (χ1v) is 6.82. The molecule has 0 bridgehead atoms. The lowest BCUT2D eigenvalue weighted by molar-refractivity contribution is 0.669. The van der Waals surface area contributed by atoms with Crippen LogP contribution in [0.15, 0.2) is 18.2 Å². The Bertz CT molecular complexity index is 341.